The van der Waals surface area contributed by atoms with E-state index in [1.165, 1.54) is 0 Å². The average molecular weight is 171 g/mol. The fraction of sp³-hybridized carbons (Fsp3) is 0.571. The van der Waals surface area contributed by atoms with Crippen LogP contribution in [-0.2, 0) is 0 Å². The predicted molar refractivity (Wildman–Crippen MR) is 48.0 cm³/mol. The summed E-state index contributed by atoms with van der Waals surface area (Å²) in [7, 11) is 4.05. The van der Waals surface area contributed by atoms with Crippen LogP contribution in [0.4, 0.5) is 0 Å². The molecule has 0 radical (unpaired) electrons. The first-order chi connectivity index (χ1) is 5.13. The number of rotatable bonds is 2. The topological polar surface area (TPSA) is 24.0 Å². The van der Waals surface area contributed by atoms with Gasteiger partial charge >= 0.3 is 0 Å². The third-order valence-electron chi connectivity index (χ3n) is 1.83. The Labute approximate surface area is 71.6 Å². The molecular formula is C7H13N3S. The van der Waals surface area contributed by atoms with Crippen molar-refractivity contribution in [1.82, 2.24) is 14.5 Å². The van der Waals surface area contributed by atoms with Crippen molar-refractivity contribution in [2.24, 2.45) is 0 Å². The van der Waals surface area contributed by atoms with Crippen LogP contribution >= 0.6 is 12.2 Å². The van der Waals surface area contributed by atoms with Gasteiger partial charge in [-0.2, -0.15) is 0 Å². The largest absolute Gasteiger partial charge is 0.337 e. The van der Waals surface area contributed by atoms with Crippen LogP contribution in [0.25, 0.3) is 0 Å². The minimum absolute atomic E-state index is 0.314. The van der Waals surface area contributed by atoms with Crippen LogP contribution < -0.4 is 0 Å². The van der Waals surface area contributed by atoms with Crippen LogP contribution in [0.2, 0.25) is 0 Å². The zero-order valence-corrected chi connectivity index (χ0v) is 7.85. The first kappa shape index (κ1) is 8.49. The average Bonchev–Trinajstić information content (AvgIpc) is 2.33. The van der Waals surface area contributed by atoms with Gasteiger partial charge in [0.05, 0.1) is 6.17 Å². The highest BCUT2D eigenvalue weighted by Gasteiger charge is 2.05. The minimum atomic E-state index is 0.314. The second kappa shape index (κ2) is 3.19. The first-order valence-electron chi connectivity index (χ1n) is 3.55. The Morgan fingerprint density at radius 3 is 2.64 bits per heavy atom. The fourth-order valence-corrected chi connectivity index (χ4v) is 1.16. The molecule has 0 aromatic carbocycles. The summed E-state index contributed by atoms with van der Waals surface area (Å²) in [6.45, 7) is 2.10. The number of aromatic amines is 1. The number of hydrogen-bond acceptors (Lipinski definition) is 2. The Hall–Kier alpha value is -0.610. The number of H-pyrrole nitrogens is 1. The Morgan fingerprint density at radius 1 is 1.64 bits per heavy atom. The fourth-order valence-electron chi connectivity index (χ4n) is 0.874. The molecule has 0 fully saturated rings. The maximum Gasteiger partial charge on any atom is 0.178 e. The van der Waals surface area contributed by atoms with E-state index >= 15 is 0 Å². The summed E-state index contributed by atoms with van der Waals surface area (Å²) < 4.78 is 2.78. The minimum Gasteiger partial charge on any atom is -0.337 e. The zero-order valence-electron chi connectivity index (χ0n) is 7.03. The standard InChI is InChI=1S/C7H13N3S/c1-6(9(2)3)10-5-4-8-7(10)11/h4-6H,1-3H3,(H,8,11). The lowest BCUT2D eigenvalue weighted by atomic mass is 10.5. The van der Waals surface area contributed by atoms with Gasteiger partial charge in [-0.1, -0.05) is 0 Å². The van der Waals surface area contributed by atoms with Gasteiger partial charge in [-0.3, -0.25) is 4.90 Å². The number of nitrogens with zero attached hydrogens (tertiary/aromatic N) is 2. The molecule has 1 unspecified atom stereocenters. The van der Waals surface area contributed by atoms with Crippen molar-refractivity contribution in [2.45, 2.75) is 13.1 Å². The van der Waals surface area contributed by atoms with Gasteiger partial charge in [-0.15, -0.1) is 0 Å². The van der Waals surface area contributed by atoms with Gasteiger partial charge in [-0.25, -0.2) is 0 Å². The predicted octanol–water partition coefficient (Wildman–Crippen LogP) is 1.63. The number of nitrogens with one attached hydrogen (secondary N) is 1. The number of imidazole rings is 1. The van der Waals surface area contributed by atoms with Crippen molar-refractivity contribution < 1.29 is 0 Å². The molecule has 0 aliphatic rings. The summed E-state index contributed by atoms with van der Waals surface area (Å²) in [6, 6.07) is 0. The van der Waals surface area contributed by atoms with Gasteiger partial charge in [0, 0.05) is 12.4 Å². The van der Waals surface area contributed by atoms with Crippen molar-refractivity contribution in [3.8, 4) is 0 Å². The molecule has 0 spiro atoms. The molecule has 1 rings (SSSR count). The lowest BCUT2D eigenvalue weighted by molar-refractivity contribution is 0.236. The molecule has 0 saturated carbocycles. The Bertz CT molecular complexity index is 273. The van der Waals surface area contributed by atoms with Crippen molar-refractivity contribution in [3.63, 3.8) is 0 Å². The highest BCUT2D eigenvalue weighted by Crippen LogP contribution is 2.07. The van der Waals surface area contributed by atoms with Gasteiger partial charge in [0.15, 0.2) is 4.77 Å². The highest BCUT2D eigenvalue weighted by atomic mass is 32.1. The van der Waals surface area contributed by atoms with Crippen molar-refractivity contribution >= 4 is 12.2 Å². The normalized spacial score (nSPS) is 13.8. The van der Waals surface area contributed by atoms with Crippen LogP contribution in [0.3, 0.4) is 0 Å². The molecule has 1 N–H and O–H groups in total. The van der Waals surface area contributed by atoms with Crippen LogP contribution in [0.15, 0.2) is 12.4 Å². The van der Waals surface area contributed by atoms with Gasteiger partial charge in [0.1, 0.15) is 0 Å². The molecule has 11 heavy (non-hydrogen) atoms. The molecule has 0 bridgehead atoms. The first-order valence-corrected chi connectivity index (χ1v) is 3.95. The van der Waals surface area contributed by atoms with Crippen molar-refractivity contribution in [1.29, 1.82) is 0 Å². The van der Waals surface area contributed by atoms with Gasteiger partial charge < -0.3 is 9.55 Å². The summed E-state index contributed by atoms with van der Waals surface area (Å²) in [5.41, 5.74) is 0. The number of hydrogen-bond donors (Lipinski definition) is 1. The lowest BCUT2D eigenvalue weighted by Gasteiger charge is -2.20. The quantitative estimate of drug-likeness (QED) is 0.684. The van der Waals surface area contributed by atoms with E-state index in [0.29, 0.717) is 6.17 Å². The van der Waals surface area contributed by atoms with Crippen molar-refractivity contribution in [2.75, 3.05) is 14.1 Å². The van der Waals surface area contributed by atoms with E-state index in [1.807, 2.05) is 31.1 Å². The van der Waals surface area contributed by atoms with E-state index in [2.05, 4.69) is 16.8 Å². The van der Waals surface area contributed by atoms with E-state index in [4.69, 9.17) is 12.2 Å². The summed E-state index contributed by atoms with van der Waals surface area (Å²) in [4.78, 5) is 5.06. The smallest absolute Gasteiger partial charge is 0.178 e. The molecule has 3 nitrogen and oxygen atoms in total. The van der Waals surface area contributed by atoms with E-state index in [9.17, 15) is 0 Å². The molecule has 0 amide bonds. The third kappa shape index (κ3) is 1.70. The van der Waals surface area contributed by atoms with Gasteiger partial charge in [0.2, 0.25) is 0 Å². The molecule has 0 saturated heterocycles. The van der Waals surface area contributed by atoms with Crippen LogP contribution in [0.5, 0.6) is 0 Å². The molecule has 0 aliphatic heterocycles. The highest BCUT2D eigenvalue weighted by molar-refractivity contribution is 7.71. The van der Waals surface area contributed by atoms with Crippen LogP contribution in [-0.4, -0.2) is 28.5 Å². The van der Waals surface area contributed by atoms with E-state index in [0.717, 1.165) is 4.77 Å². The maximum atomic E-state index is 5.06. The maximum absolute atomic E-state index is 5.06. The van der Waals surface area contributed by atoms with E-state index < -0.39 is 0 Å². The van der Waals surface area contributed by atoms with E-state index in [-0.39, 0.29) is 0 Å². The Morgan fingerprint density at radius 2 is 2.27 bits per heavy atom. The molecule has 1 atom stereocenters. The molecule has 1 aromatic rings. The van der Waals surface area contributed by atoms with Crippen LogP contribution in [0, 0.1) is 4.77 Å². The summed E-state index contributed by atoms with van der Waals surface area (Å²) in [5, 5.41) is 0. The third-order valence-corrected chi connectivity index (χ3v) is 2.16. The van der Waals surface area contributed by atoms with E-state index in [1.54, 1.807) is 0 Å². The lowest BCUT2D eigenvalue weighted by Crippen LogP contribution is -2.22. The van der Waals surface area contributed by atoms with Crippen LogP contribution in [0.1, 0.15) is 13.1 Å². The molecule has 1 aromatic heterocycles. The molecule has 0 aliphatic carbocycles. The summed E-state index contributed by atoms with van der Waals surface area (Å²) in [5.74, 6) is 0. The monoisotopic (exact) mass is 171 g/mol. The molecule has 4 heteroatoms. The Balaban J connectivity index is 2.93. The van der Waals surface area contributed by atoms with Crippen molar-refractivity contribution in [3.05, 3.63) is 17.2 Å². The van der Waals surface area contributed by atoms with Gasteiger partial charge in [0.25, 0.3) is 0 Å². The molecular weight excluding hydrogens is 158 g/mol. The summed E-state index contributed by atoms with van der Waals surface area (Å²) >= 11 is 5.06. The second-order valence-electron chi connectivity index (χ2n) is 2.77. The summed E-state index contributed by atoms with van der Waals surface area (Å²) in [6.07, 6.45) is 4.11. The zero-order chi connectivity index (χ0) is 8.43. The number of aromatic nitrogens is 2. The second-order valence-corrected chi connectivity index (χ2v) is 3.15. The molecule has 62 valence electrons. The SMILES string of the molecule is CC(N(C)C)n1cc[nH]c1=S. The molecule has 1 heterocycles. The van der Waals surface area contributed by atoms with Gasteiger partial charge in [-0.05, 0) is 33.2 Å². The Kier molecular flexibility index (Phi) is 2.46.